The lowest BCUT2D eigenvalue weighted by Crippen LogP contribution is -2.25. The van der Waals surface area contributed by atoms with Crippen LogP contribution in [-0.4, -0.2) is 27.9 Å². The van der Waals surface area contributed by atoms with Gasteiger partial charge in [-0.3, -0.25) is 4.79 Å². The van der Waals surface area contributed by atoms with E-state index in [1.807, 2.05) is 0 Å². The van der Waals surface area contributed by atoms with Crippen molar-refractivity contribution < 1.29 is 13.2 Å². The number of hydrogen-bond acceptors (Lipinski definition) is 3. The summed E-state index contributed by atoms with van der Waals surface area (Å²) in [5.41, 5.74) is 0.948. The lowest BCUT2D eigenvalue weighted by Gasteiger charge is -2.07. The molecule has 0 aliphatic carbocycles. The number of carbonyl (C=O) groups is 1. The van der Waals surface area contributed by atoms with E-state index in [4.69, 9.17) is 0 Å². The van der Waals surface area contributed by atoms with Crippen molar-refractivity contribution >= 4 is 15.9 Å². The molecule has 0 saturated heterocycles. The maximum Gasteiger partial charge on any atom is 0.240 e. The Morgan fingerprint density at radius 3 is 2.33 bits per heavy atom. The van der Waals surface area contributed by atoms with Crippen LogP contribution >= 0.6 is 0 Å². The van der Waals surface area contributed by atoms with Crippen LogP contribution < -0.4 is 10.0 Å². The molecule has 0 bridgehead atoms. The van der Waals surface area contributed by atoms with Crippen molar-refractivity contribution in [1.82, 2.24) is 10.0 Å². The van der Waals surface area contributed by atoms with Gasteiger partial charge in [-0.1, -0.05) is 26.0 Å². The third-order valence-corrected chi connectivity index (χ3v) is 4.62. The third-order valence-electron chi connectivity index (χ3n) is 3.19. The van der Waals surface area contributed by atoms with Crippen molar-refractivity contribution in [2.75, 3.05) is 13.6 Å². The summed E-state index contributed by atoms with van der Waals surface area (Å²) in [6.07, 6.45) is 1.99. The number of hydrogen-bond donors (Lipinski definition) is 2. The Kier molecular flexibility index (Phi) is 6.84. The van der Waals surface area contributed by atoms with Gasteiger partial charge in [0.2, 0.25) is 15.9 Å². The smallest absolute Gasteiger partial charge is 0.240 e. The standard InChI is InChI=1S/C15H24N2O3S/c1-12(2)10-11-17-15(18)9-6-13-4-7-14(8-5-13)21(19,20)16-3/h4-5,7-8,12,16H,6,9-11H2,1-3H3,(H,17,18). The Morgan fingerprint density at radius 2 is 1.81 bits per heavy atom. The SMILES string of the molecule is CNS(=O)(=O)c1ccc(CCC(=O)NCCC(C)C)cc1. The molecule has 5 nitrogen and oxygen atoms in total. The van der Waals surface area contributed by atoms with Crippen molar-refractivity contribution in [2.24, 2.45) is 5.92 Å². The van der Waals surface area contributed by atoms with Gasteiger partial charge in [0.1, 0.15) is 0 Å². The second kappa shape index (κ2) is 8.14. The van der Waals surface area contributed by atoms with E-state index in [9.17, 15) is 13.2 Å². The Balaban J connectivity index is 2.44. The molecule has 0 heterocycles. The summed E-state index contributed by atoms with van der Waals surface area (Å²) in [4.78, 5) is 11.9. The van der Waals surface area contributed by atoms with Crippen LogP contribution in [0, 0.1) is 5.92 Å². The molecule has 0 unspecified atom stereocenters. The van der Waals surface area contributed by atoms with Crippen LogP contribution in [-0.2, 0) is 21.2 Å². The molecule has 1 amide bonds. The van der Waals surface area contributed by atoms with Crippen LogP contribution in [0.15, 0.2) is 29.2 Å². The maximum atomic E-state index is 11.7. The minimum Gasteiger partial charge on any atom is -0.356 e. The van der Waals surface area contributed by atoms with Gasteiger partial charge in [-0.15, -0.1) is 0 Å². The first-order chi connectivity index (χ1) is 9.85. The second-order valence-electron chi connectivity index (χ2n) is 5.38. The van der Waals surface area contributed by atoms with Gasteiger partial charge in [0.15, 0.2) is 0 Å². The molecular formula is C15H24N2O3S. The summed E-state index contributed by atoms with van der Waals surface area (Å²) in [5, 5.41) is 2.88. The van der Waals surface area contributed by atoms with Crippen LogP contribution in [0.3, 0.4) is 0 Å². The topological polar surface area (TPSA) is 75.3 Å². The highest BCUT2D eigenvalue weighted by Crippen LogP contribution is 2.11. The van der Waals surface area contributed by atoms with E-state index in [0.29, 0.717) is 25.3 Å². The molecule has 0 atom stereocenters. The number of benzene rings is 1. The van der Waals surface area contributed by atoms with Gasteiger partial charge in [0.05, 0.1) is 4.90 Å². The second-order valence-corrected chi connectivity index (χ2v) is 7.27. The summed E-state index contributed by atoms with van der Waals surface area (Å²) in [5.74, 6) is 0.606. The minimum atomic E-state index is -3.40. The van der Waals surface area contributed by atoms with E-state index in [0.717, 1.165) is 12.0 Å². The Morgan fingerprint density at radius 1 is 1.19 bits per heavy atom. The highest BCUT2D eigenvalue weighted by atomic mass is 32.2. The highest BCUT2D eigenvalue weighted by Gasteiger charge is 2.10. The lowest BCUT2D eigenvalue weighted by molar-refractivity contribution is -0.121. The molecule has 0 aliphatic heterocycles. The predicted molar refractivity (Wildman–Crippen MR) is 83.5 cm³/mol. The molecule has 1 rings (SSSR count). The third kappa shape index (κ3) is 6.27. The molecule has 6 heteroatoms. The zero-order valence-corrected chi connectivity index (χ0v) is 13.7. The number of sulfonamides is 1. The van der Waals surface area contributed by atoms with Crippen LogP contribution in [0.2, 0.25) is 0 Å². The molecular weight excluding hydrogens is 288 g/mol. The average Bonchev–Trinajstić information content (AvgIpc) is 2.45. The molecule has 0 aliphatic rings. The van der Waals surface area contributed by atoms with Crippen molar-refractivity contribution in [3.8, 4) is 0 Å². The number of aryl methyl sites for hydroxylation is 1. The highest BCUT2D eigenvalue weighted by molar-refractivity contribution is 7.89. The minimum absolute atomic E-state index is 0.0302. The normalized spacial score (nSPS) is 11.6. The molecule has 1 aromatic carbocycles. The molecule has 0 fully saturated rings. The molecule has 118 valence electrons. The monoisotopic (exact) mass is 312 g/mol. The fourth-order valence-corrected chi connectivity index (χ4v) is 2.53. The Hall–Kier alpha value is -1.40. The molecule has 0 radical (unpaired) electrons. The van der Waals surface area contributed by atoms with Crippen LogP contribution in [0.5, 0.6) is 0 Å². The van der Waals surface area contributed by atoms with Gasteiger partial charge in [-0.2, -0.15) is 0 Å². The zero-order valence-electron chi connectivity index (χ0n) is 12.8. The number of nitrogens with one attached hydrogen (secondary N) is 2. The van der Waals surface area contributed by atoms with E-state index in [1.54, 1.807) is 24.3 Å². The predicted octanol–water partition coefficient (Wildman–Crippen LogP) is 1.69. The molecule has 0 aromatic heterocycles. The van der Waals surface area contributed by atoms with Crippen molar-refractivity contribution in [1.29, 1.82) is 0 Å². The molecule has 0 saturated carbocycles. The summed E-state index contributed by atoms with van der Waals surface area (Å²) < 4.78 is 25.4. The van der Waals surface area contributed by atoms with Crippen molar-refractivity contribution in [2.45, 2.75) is 38.0 Å². The first-order valence-electron chi connectivity index (χ1n) is 7.14. The fourth-order valence-electron chi connectivity index (χ4n) is 1.80. The first kappa shape index (κ1) is 17.7. The van der Waals surface area contributed by atoms with E-state index in [2.05, 4.69) is 23.9 Å². The van der Waals surface area contributed by atoms with Crippen LogP contribution in [0.25, 0.3) is 0 Å². The van der Waals surface area contributed by atoms with Crippen LogP contribution in [0.1, 0.15) is 32.3 Å². The zero-order chi connectivity index (χ0) is 15.9. The van der Waals surface area contributed by atoms with E-state index >= 15 is 0 Å². The summed E-state index contributed by atoms with van der Waals surface area (Å²) in [7, 11) is -2.02. The van der Waals surface area contributed by atoms with Gasteiger partial charge in [0, 0.05) is 13.0 Å². The molecule has 0 spiro atoms. The first-order valence-corrected chi connectivity index (χ1v) is 8.62. The van der Waals surface area contributed by atoms with Gasteiger partial charge >= 0.3 is 0 Å². The lowest BCUT2D eigenvalue weighted by atomic mass is 10.1. The quantitative estimate of drug-likeness (QED) is 0.767. The summed E-state index contributed by atoms with van der Waals surface area (Å²) >= 11 is 0. The van der Waals surface area contributed by atoms with E-state index in [-0.39, 0.29) is 10.8 Å². The maximum absolute atomic E-state index is 11.7. The number of amides is 1. The molecule has 1 aromatic rings. The molecule has 21 heavy (non-hydrogen) atoms. The van der Waals surface area contributed by atoms with E-state index in [1.165, 1.54) is 7.05 Å². The Bertz CT molecular complexity index is 551. The van der Waals surface area contributed by atoms with Gasteiger partial charge in [-0.05, 0) is 43.5 Å². The van der Waals surface area contributed by atoms with Gasteiger partial charge in [0.25, 0.3) is 0 Å². The summed E-state index contributed by atoms with van der Waals surface area (Å²) in [6, 6.07) is 6.59. The number of rotatable bonds is 8. The number of carbonyl (C=O) groups excluding carboxylic acids is 1. The van der Waals surface area contributed by atoms with Gasteiger partial charge in [-0.25, -0.2) is 13.1 Å². The van der Waals surface area contributed by atoms with E-state index < -0.39 is 10.0 Å². The average molecular weight is 312 g/mol. The fraction of sp³-hybridized carbons (Fsp3) is 0.533. The van der Waals surface area contributed by atoms with Crippen LogP contribution in [0.4, 0.5) is 0 Å². The van der Waals surface area contributed by atoms with Crippen molar-refractivity contribution in [3.63, 3.8) is 0 Å². The largest absolute Gasteiger partial charge is 0.356 e. The van der Waals surface area contributed by atoms with Gasteiger partial charge < -0.3 is 5.32 Å². The van der Waals surface area contributed by atoms with Crippen molar-refractivity contribution in [3.05, 3.63) is 29.8 Å². The Labute approximate surface area is 127 Å². The summed E-state index contributed by atoms with van der Waals surface area (Å²) in [6.45, 7) is 4.94. The molecule has 2 N–H and O–H groups in total.